The summed E-state index contributed by atoms with van der Waals surface area (Å²) < 4.78 is 0. The lowest BCUT2D eigenvalue weighted by Crippen LogP contribution is -2.24. The Labute approximate surface area is 104 Å². The van der Waals surface area contributed by atoms with Gasteiger partial charge < -0.3 is 10.4 Å². The molecule has 2 atom stereocenters. The molecule has 0 amide bonds. The van der Waals surface area contributed by atoms with E-state index in [1.807, 2.05) is 6.07 Å². The molecule has 2 rings (SSSR count). The summed E-state index contributed by atoms with van der Waals surface area (Å²) in [5, 5.41) is 13.0. The summed E-state index contributed by atoms with van der Waals surface area (Å²) in [7, 11) is 0. The molecule has 94 valence electrons. The van der Waals surface area contributed by atoms with Gasteiger partial charge in [0.2, 0.25) is 0 Å². The fourth-order valence-corrected chi connectivity index (χ4v) is 2.75. The van der Waals surface area contributed by atoms with E-state index < -0.39 is 0 Å². The van der Waals surface area contributed by atoms with Gasteiger partial charge in [0, 0.05) is 18.6 Å². The first-order valence-corrected chi connectivity index (χ1v) is 6.54. The number of hydrogen-bond acceptors (Lipinski definition) is 2. The highest BCUT2D eigenvalue weighted by atomic mass is 16.3. The Bertz CT molecular complexity index is 349. The molecule has 17 heavy (non-hydrogen) atoms. The molecule has 0 aromatic heterocycles. The molecule has 0 spiro atoms. The average Bonchev–Trinajstić information content (AvgIpc) is 3.06. The van der Waals surface area contributed by atoms with Gasteiger partial charge in [-0.05, 0) is 30.4 Å². The number of rotatable bonds is 6. The predicted octanol–water partition coefficient (Wildman–Crippen LogP) is 2.43. The molecule has 2 unspecified atom stereocenters. The molecule has 2 N–H and O–H groups in total. The van der Waals surface area contributed by atoms with Gasteiger partial charge in [0.25, 0.3) is 0 Å². The van der Waals surface area contributed by atoms with Gasteiger partial charge in [0.1, 0.15) is 0 Å². The van der Waals surface area contributed by atoms with Crippen LogP contribution in [0.1, 0.15) is 25.8 Å². The van der Waals surface area contributed by atoms with Crippen LogP contribution in [-0.4, -0.2) is 18.3 Å². The molecule has 0 radical (unpaired) electrons. The fourth-order valence-electron chi connectivity index (χ4n) is 2.75. The van der Waals surface area contributed by atoms with Gasteiger partial charge >= 0.3 is 0 Å². The zero-order valence-electron chi connectivity index (χ0n) is 10.8. The predicted molar refractivity (Wildman–Crippen MR) is 70.6 cm³/mol. The van der Waals surface area contributed by atoms with Crippen LogP contribution in [0, 0.1) is 17.3 Å². The summed E-state index contributed by atoms with van der Waals surface area (Å²) >= 11 is 0. The van der Waals surface area contributed by atoms with E-state index in [1.165, 1.54) is 12.0 Å². The van der Waals surface area contributed by atoms with Crippen LogP contribution in [0.2, 0.25) is 0 Å². The van der Waals surface area contributed by atoms with Gasteiger partial charge in [-0.15, -0.1) is 0 Å². The van der Waals surface area contributed by atoms with Crippen molar-refractivity contribution < 1.29 is 5.11 Å². The molecule has 2 nitrogen and oxygen atoms in total. The maximum atomic E-state index is 9.49. The van der Waals surface area contributed by atoms with Gasteiger partial charge in [-0.25, -0.2) is 0 Å². The number of aliphatic hydroxyl groups excluding tert-OH is 1. The number of nitrogens with one attached hydrogen (secondary N) is 1. The van der Waals surface area contributed by atoms with E-state index in [0.29, 0.717) is 18.4 Å². The first kappa shape index (κ1) is 12.6. The smallest absolute Gasteiger partial charge is 0.0493 e. The maximum absolute atomic E-state index is 9.49. The Kier molecular flexibility index (Phi) is 3.85. The van der Waals surface area contributed by atoms with Crippen LogP contribution in [0.25, 0.3) is 0 Å². The highest BCUT2D eigenvalue weighted by Crippen LogP contribution is 2.56. The summed E-state index contributed by atoms with van der Waals surface area (Å²) in [4.78, 5) is 0. The second-order valence-electron chi connectivity index (χ2n) is 5.56. The van der Waals surface area contributed by atoms with Crippen LogP contribution < -0.4 is 5.32 Å². The highest BCUT2D eigenvalue weighted by Gasteiger charge is 2.54. The highest BCUT2D eigenvalue weighted by molar-refractivity contribution is 5.14. The van der Waals surface area contributed by atoms with Crippen molar-refractivity contribution in [3.63, 3.8) is 0 Å². The third-order valence-electron chi connectivity index (χ3n) is 4.29. The molecule has 0 aliphatic heterocycles. The Balaban J connectivity index is 1.74. The summed E-state index contributed by atoms with van der Waals surface area (Å²) in [5.74, 6) is 1.23. The third kappa shape index (κ3) is 2.70. The molecule has 1 aromatic carbocycles. The Hall–Kier alpha value is -0.860. The normalized spacial score (nSPS) is 27.4. The van der Waals surface area contributed by atoms with Crippen molar-refractivity contribution in [3.8, 4) is 0 Å². The molecule has 1 aromatic rings. The van der Waals surface area contributed by atoms with Crippen molar-refractivity contribution in [3.05, 3.63) is 35.9 Å². The minimum atomic E-state index is 0.198. The number of benzene rings is 1. The van der Waals surface area contributed by atoms with E-state index in [0.717, 1.165) is 13.1 Å². The van der Waals surface area contributed by atoms with E-state index >= 15 is 0 Å². The van der Waals surface area contributed by atoms with Crippen LogP contribution in [0.4, 0.5) is 0 Å². The van der Waals surface area contributed by atoms with Crippen LogP contribution in [0.3, 0.4) is 0 Å². The minimum Gasteiger partial charge on any atom is -0.396 e. The molecular weight excluding hydrogens is 210 g/mol. The Morgan fingerprint density at radius 3 is 2.59 bits per heavy atom. The van der Waals surface area contributed by atoms with Gasteiger partial charge in [-0.2, -0.15) is 0 Å². The number of hydrogen-bond donors (Lipinski definition) is 2. The molecule has 0 saturated heterocycles. The summed E-state index contributed by atoms with van der Waals surface area (Å²) in [6.45, 7) is 6.72. The van der Waals surface area contributed by atoms with Crippen LogP contribution >= 0.6 is 0 Å². The third-order valence-corrected chi connectivity index (χ3v) is 4.29. The molecule has 1 fully saturated rings. The molecule has 0 heterocycles. The topological polar surface area (TPSA) is 32.3 Å². The number of aliphatic hydroxyl groups is 1. The molecular formula is C15H23NO. The zero-order valence-corrected chi connectivity index (χ0v) is 10.8. The standard InChI is InChI=1S/C15H23NO/c1-12(2)15(11-17)8-14(15)10-16-9-13-6-4-3-5-7-13/h3-7,12,14,16-17H,8-11H2,1-2H3. The molecule has 2 heteroatoms. The SMILES string of the molecule is CC(C)C1(CO)CC1CNCc1ccccc1. The van der Waals surface area contributed by atoms with Crippen molar-refractivity contribution in [1.29, 1.82) is 0 Å². The fraction of sp³-hybridized carbons (Fsp3) is 0.600. The average molecular weight is 233 g/mol. The second-order valence-corrected chi connectivity index (χ2v) is 5.56. The second kappa shape index (κ2) is 5.19. The van der Waals surface area contributed by atoms with Gasteiger partial charge in [0.15, 0.2) is 0 Å². The summed E-state index contributed by atoms with van der Waals surface area (Å²) in [6, 6.07) is 10.5. The van der Waals surface area contributed by atoms with Gasteiger partial charge in [0.05, 0.1) is 0 Å². The van der Waals surface area contributed by atoms with E-state index in [9.17, 15) is 5.11 Å². The molecule has 1 aliphatic carbocycles. The summed E-state index contributed by atoms with van der Waals surface area (Å²) in [5.41, 5.74) is 1.52. The zero-order chi connectivity index (χ0) is 12.3. The van der Waals surface area contributed by atoms with E-state index in [4.69, 9.17) is 0 Å². The van der Waals surface area contributed by atoms with Gasteiger partial charge in [-0.1, -0.05) is 44.2 Å². The summed E-state index contributed by atoms with van der Waals surface area (Å²) in [6.07, 6.45) is 1.17. The van der Waals surface area contributed by atoms with E-state index in [1.54, 1.807) is 0 Å². The first-order valence-electron chi connectivity index (χ1n) is 6.54. The van der Waals surface area contributed by atoms with Crippen molar-refractivity contribution in [1.82, 2.24) is 5.32 Å². The maximum Gasteiger partial charge on any atom is 0.0493 e. The van der Waals surface area contributed by atoms with Crippen molar-refractivity contribution >= 4 is 0 Å². The molecule has 0 bridgehead atoms. The molecule has 1 saturated carbocycles. The van der Waals surface area contributed by atoms with Crippen molar-refractivity contribution in [2.75, 3.05) is 13.2 Å². The quantitative estimate of drug-likeness (QED) is 0.791. The Morgan fingerprint density at radius 1 is 1.35 bits per heavy atom. The van der Waals surface area contributed by atoms with Crippen LogP contribution in [0.15, 0.2) is 30.3 Å². The van der Waals surface area contributed by atoms with Crippen LogP contribution in [0.5, 0.6) is 0 Å². The van der Waals surface area contributed by atoms with Gasteiger partial charge in [-0.3, -0.25) is 0 Å². The van der Waals surface area contributed by atoms with E-state index in [2.05, 4.69) is 43.4 Å². The van der Waals surface area contributed by atoms with Crippen LogP contribution in [-0.2, 0) is 6.54 Å². The first-order chi connectivity index (χ1) is 8.19. The largest absolute Gasteiger partial charge is 0.396 e. The van der Waals surface area contributed by atoms with E-state index in [-0.39, 0.29) is 5.41 Å². The minimum absolute atomic E-state index is 0.198. The Morgan fingerprint density at radius 2 is 2.06 bits per heavy atom. The lowest BCUT2D eigenvalue weighted by Gasteiger charge is -2.19. The monoisotopic (exact) mass is 233 g/mol. The lowest BCUT2D eigenvalue weighted by molar-refractivity contribution is 0.155. The van der Waals surface area contributed by atoms with Crippen molar-refractivity contribution in [2.45, 2.75) is 26.8 Å². The lowest BCUT2D eigenvalue weighted by atomic mass is 9.90. The molecule has 1 aliphatic rings. The van der Waals surface area contributed by atoms with Crippen molar-refractivity contribution in [2.24, 2.45) is 17.3 Å².